The van der Waals surface area contributed by atoms with E-state index >= 15 is 0 Å². The molecule has 3 aromatic rings. The number of benzene rings is 2. The Hall–Kier alpha value is -3.35. The van der Waals surface area contributed by atoms with Crippen molar-refractivity contribution < 1.29 is 14.3 Å². The van der Waals surface area contributed by atoms with Gasteiger partial charge in [0.2, 0.25) is 5.91 Å². The Morgan fingerprint density at radius 1 is 1.12 bits per heavy atom. The number of carbonyl (C=O) groups is 1. The lowest BCUT2D eigenvalue weighted by atomic mass is 9.78. The first kappa shape index (κ1) is 20.5. The highest BCUT2D eigenvalue weighted by molar-refractivity contribution is 5.81. The van der Waals surface area contributed by atoms with Crippen LogP contribution in [-0.2, 0) is 16.8 Å². The highest BCUT2D eigenvalue weighted by Crippen LogP contribution is 2.43. The molecule has 1 amide bonds. The van der Waals surface area contributed by atoms with Gasteiger partial charge in [0.05, 0.1) is 17.2 Å². The fraction of sp³-hybridized carbons (Fsp3) is 0.400. The van der Waals surface area contributed by atoms with Crippen molar-refractivity contribution in [1.29, 1.82) is 0 Å². The lowest BCUT2D eigenvalue weighted by molar-refractivity contribution is -0.122. The summed E-state index contributed by atoms with van der Waals surface area (Å²) < 4.78 is 12.8. The van der Waals surface area contributed by atoms with Crippen molar-refractivity contribution in [3.63, 3.8) is 0 Å². The average molecular weight is 434 g/mol. The lowest BCUT2D eigenvalue weighted by Gasteiger charge is -2.31. The average Bonchev–Trinajstić information content (AvgIpc) is 3.30. The number of fused-ring (bicyclic) bond motifs is 2. The molecule has 166 valence electrons. The summed E-state index contributed by atoms with van der Waals surface area (Å²) in [6.45, 7) is 3.52. The van der Waals surface area contributed by atoms with Crippen molar-refractivity contribution in [2.45, 2.75) is 44.6 Å². The first-order valence-corrected chi connectivity index (χ1v) is 11.2. The molecule has 1 aliphatic heterocycles. The summed E-state index contributed by atoms with van der Waals surface area (Å²) in [5, 5.41) is 3.61. The molecule has 32 heavy (non-hydrogen) atoms. The Balaban J connectivity index is 1.33. The zero-order valence-electron chi connectivity index (χ0n) is 18.2. The van der Waals surface area contributed by atoms with Gasteiger partial charge in [-0.1, -0.05) is 31.0 Å². The summed E-state index contributed by atoms with van der Waals surface area (Å²) in [4.78, 5) is 30.0. The van der Waals surface area contributed by atoms with Crippen LogP contribution < -0.4 is 20.3 Å². The molecule has 0 atom stereocenters. The summed E-state index contributed by atoms with van der Waals surface area (Å²) in [6.07, 6.45) is 5.71. The van der Waals surface area contributed by atoms with Gasteiger partial charge in [-0.15, -0.1) is 0 Å². The van der Waals surface area contributed by atoms with E-state index < -0.39 is 0 Å². The van der Waals surface area contributed by atoms with E-state index in [9.17, 15) is 9.59 Å². The Kier molecular flexibility index (Phi) is 5.33. The molecule has 1 aliphatic carbocycles. The molecule has 1 fully saturated rings. The Bertz CT molecular complexity index is 1230. The predicted octanol–water partition coefficient (Wildman–Crippen LogP) is 3.10. The van der Waals surface area contributed by atoms with Crippen molar-refractivity contribution in [3.8, 4) is 11.5 Å². The van der Waals surface area contributed by atoms with Crippen LogP contribution in [0.4, 0.5) is 0 Å². The Morgan fingerprint density at radius 2 is 1.91 bits per heavy atom. The molecule has 2 heterocycles. The van der Waals surface area contributed by atoms with Gasteiger partial charge in [0.25, 0.3) is 5.56 Å². The third-order valence-electron chi connectivity index (χ3n) is 6.71. The van der Waals surface area contributed by atoms with Gasteiger partial charge in [-0.25, -0.2) is 4.98 Å². The number of hydrogen-bond acceptors (Lipinski definition) is 5. The molecular weight excluding hydrogens is 406 g/mol. The number of hydrogen-bond donors (Lipinski definition) is 1. The lowest BCUT2D eigenvalue weighted by Crippen LogP contribution is -2.41. The number of rotatable bonds is 5. The van der Waals surface area contributed by atoms with Gasteiger partial charge in [0.15, 0.2) is 11.5 Å². The van der Waals surface area contributed by atoms with Crippen LogP contribution >= 0.6 is 0 Å². The Labute approximate surface area is 186 Å². The van der Waals surface area contributed by atoms with Crippen LogP contribution in [0, 0.1) is 6.92 Å². The summed E-state index contributed by atoms with van der Waals surface area (Å²) in [5.74, 6) is 1.36. The minimum atomic E-state index is -0.198. The number of nitrogens with zero attached hydrogens (tertiary/aromatic N) is 2. The number of ether oxygens (including phenoxy) is 2. The summed E-state index contributed by atoms with van der Waals surface area (Å²) >= 11 is 0. The van der Waals surface area contributed by atoms with Crippen molar-refractivity contribution in [2.24, 2.45) is 0 Å². The molecule has 7 nitrogen and oxygen atoms in total. The van der Waals surface area contributed by atoms with E-state index in [4.69, 9.17) is 9.47 Å². The van der Waals surface area contributed by atoms with Crippen LogP contribution in [0.5, 0.6) is 11.5 Å². The van der Waals surface area contributed by atoms with Gasteiger partial charge in [-0.3, -0.25) is 14.2 Å². The third kappa shape index (κ3) is 3.72. The van der Waals surface area contributed by atoms with E-state index in [1.54, 1.807) is 6.07 Å². The molecule has 2 aliphatic rings. The molecule has 0 bridgehead atoms. The second-order valence-electron chi connectivity index (χ2n) is 8.77. The molecule has 0 saturated heterocycles. The first-order valence-electron chi connectivity index (χ1n) is 11.2. The van der Waals surface area contributed by atoms with Crippen LogP contribution in [0.2, 0.25) is 0 Å². The van der Waals surface area contributed by atoms with E-state index in [-0.39, 0.29) is 23.4 Å². The number of aryl methyl sites for hydroxylation is 1. The molecule has 2 aromatic carbocycles. The standard InChI is InChI=1S/C25H27N3O4/c1-17-5-4-6-19-23(17)27-16-28(24(19)30)14-22(29)26-15-25(9-2-3-10-25)18-7-8-20-21(13-18)32-12-11-31-20/h4-8,13,16H,2-3,9-12,14-15H2,1H3,(H,26,29). The van der Waals surface area contributed by atoms with Gasteiger partial charge in [0, 0.05) is 12.0 Å². The minimum Gasteiger partial charge on any atom is -0.486 e. The molecule has 1 N–H and O–H groups in total. The van der Waals surface area contributed by atoms with Crippen LogP contribution in [0.3, 0.4) is 0 Å². The zero-order valence-corrected chi connectivity index (χ0v) is 18.2. The molecule has 5 rings (SSSR count). The van der Waals surface area contributed by atoms with Crippen molar-refractivity contribution in [2.75, 3.05) is 19.8 Å². The van der Waals surface area contributed by atoms with E-state index in [1.165, 1.54) is 16.5 Å². The van der Waals surface area contributed by atoms with Crippen molar-refractivity contribution in [1.82, 2.24) is 14.9 Å². The van der Waals surface area contributed by atoms with Crippen LogP contribution in [0.1, 0.15) is 36.8 Å². The van der Waals surface area contributed by atoms with Crippen molar-refractivity contribution >= 4 is 16.8 Å². The second kappa shape index (κ2) is 8.30. The van der Waals surface area contributed by atoms with Gasteiger partial charge in [-0.2, -0.15) is 0 Å². The number of amides is 1. The van der Waals surface area contributed by atoms with Gasteiger partial charge >= 0.3 is 0 Å². The maximum absolute atomic E-state index is 12.8. The molecule has 1 saturated carbocycles. The number of aromatic nitrogens is 2. The maximum Gasteiger partial charge on any atom is 0.261 e. The quantitative estimate of drug-likeness (QED) is 0.669. The first-order chi connectivity index (χ1) is 15.6. The maximum atomic E-state index is 12.8. The number of nitrogens with one attached hydrogen (secondary N) is 1. The fourth-order valence-electron chi connectivity index (χ4n) is 4.92. The predicted molar refractivity (Wildman–Crippen MR) is 121 cm³/mol. The Morgan fingerprint density at radius 3 is 2.72 bits per heavy atom. The molecule has 7 heteroatoms. The summed E-state index contributed by atoms with van der Waals surface area (Å²) in [6, 6.07) is 11.6. The smallest absolute Gasteiger partial charge is 0.261 e. The van der Waals surface area contributed by atoms with Crippen molar-refractivity contribution in [3.05, 3.63) is 64.2 Å². The number of para-hydroxylation sites is 1. The van der Waals surface area contributed by atoms with Gasteiger partial charge in [-0.05, 0) is 49.1 Å². The van der Waals surface area contributed by atoms with Crippen LogP contribution in [-0.4, -0.2) is 35.2 Å². The summed E-state index contributed by atoms with van der Waals surface area (Å²) in [5.41, 5.74) is 2.46. The molecule has 0 spiro atoms. The van der Waals surface area contributed by atoms with Gasteiger partial charge in [0.1, 0.15) is 19.8 Å². The SMILES string of the molecule is Cc1cccc2c(=O)n(CC(=O)NCC3(c4ccc5c(c4)OCCO5)CCCC3)cnc12. The van der Waals surface area contributed by atoms with E-state index in [0.717, 1.165) is 42.7 Å². The number of carbonyl (C=O) groups excluding carboxylic acids is 1. The summed E-state index contributed by atoms with van der Waals surface area (Å²) in [7, 11) is 0. The molecule has 1 aromatic heterocycles. The largest absolute Gasteiger partial charge is 0.486 e. The highest BCUT2D eigenvalue weighted by atomic mass is 16.6. The molecule has 0 unspecified atom stereocenters. The van der Waals surface area contributed by atoms with Crippen LogP contribution in [0.15, 0.2) is 47.5 Å². The normalized spacial score (nSPS) is 16.8. The van der Waals surface area contributed by atoms with Gasteiger partial charge < -0.3 is 14.8 Å². The third-order valence-corrected chi connectivity index (χ3v) is 6.71. The zero-order chi connectivity index (χ0) is 22.1. The van der Waals surface area contributed by atoms with E-state index in [0.29, 0.717) is 30.7 Å². The minimum absolute atomic E-state index is 0.0487. The van der Waals surface area contributed by atoms with E-state index in [1.807, 2.05) is 25.1 Å². The highest BCUT2D eigenvalue weighted by Gasteiger charge is 2.36. The monoisotopic (exact) mass is 433 g/mol. The fourth-order valence-corrected chi connectivity index (χ4v) is 4.92. The molecule has 0 radical (unpaired) electrons. The molecular formula is C25H27N3O4. The van der Waals surface area contributed by atoms with Crippen LogP contribution in [0.25, 0.3) is 10.9 Å². The second-order valence-corrected chi connectivity index (χ2v) is 8.77. The topological polar surface area (TPSA) is 82.5 Å². The van der Waals surface area contributed by atoms with E-state index in [2.05, 4.69) is 22.4 Å².